The molecule has 1 aliphatic carbocycles. The van der Waals surface area contributed by atoms with Crippen molar-refractivity contribution < 1.29 is 45.1 Å². The Balaban J connectivity index is 1.81. The minimum absolute atomic E-state index is 0.0763. The highest BCUT2D eigenvalue weighted by molar-refractivity contribution is 5.71. The van der Waals surface area contributed by atoms with Gasteiger partial charge in [-0.05, 0) is 30.5 Å². The standard InChI is InChI=1S/C20H29NO8/c1-21-10-12-5-2-3-8-20(12,27)11-6-4-7-13(9-11)28-19-16(24)14(22)15(23)17(29-19)18(25)26/h4,6-7,9,12,14-17,19,21-24,27H,2-3,5,8,10H2,1H3,(H,25,26)/t12-,14+,15+,16-,17+,19-,20+/m1/s1. The molecular formula is C20H29NO8. The molecule has 0 aromatic heterocycles. The average Bonchev–Trinajstić information content (AvgIpc) is 2.70. The molecule has 1 aromatic rings. The summed E-state index contributed by atoms with van der Waals surface area (Å²) in [6, 6.07) is 6.72. The van der Waals surface area contributed by atoms with E-state index < -0.39 is 42.3 Å². The maximum absolute atomic E-state index is 11.4. The number of nitrogens with two attached hydrogens (primary N) is 1. The number of carboxylic acid groups (broad SMARTS) is 1. The second kappa shape index (κ2) is 8.95. The molecule has 1 saturated heterocycles. The summed E-state index contributed by atoms with van der Waals surface area (Å²) in [6.45, 7) is 0.781. The quantitative estimate of drug-likeness (QED) is 0.336. The SMILES string of the molecule is C[NH2+]C[C@H]1CCCC[C@]1(O)c1cccc(O[C@@H]2O[C@H](C(=O)[O-])[C@@H](O)[C@H](O)[C@H]2O)c1. The number of aliphatic hydroxyl groups excluding tert-OH is 3. The maximum atomic E-state index is 11.4. The zero-order valence-corrected chi connectivity index (χ0v) is 16.3. The van der Waals surface area contributed by atoms with Gasteiger partial charge in [0.05, 0.1) is 25.2 Å². The summed E-state index contributed by atoms with van der Waals surface area (Å²) in [4.78, 5) is 11.1. The summed E-state index contributed by atoms with van der Waals surface area (Å²) in [5, 5.41) is 54.3. The topological polar surface area (TPSA) is 156 Å². The largest absolute Gasteiger partial charge is 0.547 e. The predicted molar refractivity (Wildman–Crippen MR) is 97.3 cm³/mol. The summed E-state index contributed by atoms with van der Waals surface area (Å²) < 4.78 is 10.7. The first kappa shape index (κ1) is 21.9. The maximum Gasteiger partial charge on any atom is 0.229 e. The van der Waals surface area contributed by atoms with Crippen molar-refractivity contribution in [3.8, 4) is 5.75 Å². The van der Waals surface area contributed by atoms with Crippen molar-refractivity contribution in [3.63, 3.8) is 0 Å². The van der Waals surface area contributed by atoms with Crippen molar-refractivity contribution >= 4 is 5.97 Å². The number of hydrogen-bond donors (Lipinski definition) is 5. The summed E-state index contributed by atoms with van der Waals surface area (Å²) >= 11 is 0. The fourth-order valence-electron chi connectivity index (χ4n) is 4.32. The highest BCUT2D eigenvalue weighted by Crippen LogP contribution is 2.42. The van der Waals surface area contributed by atoms with E-state index in [2.05, 4.69) is 0 Å². The van der Waals surface area contributed by atoms with Crippen LogP contribution >= 0.6 is 0 Å². The van der Waals surface area contributed by atoms with Crippen molar-refractivity contribution in [2.75, 3.05) is 13.6 Å². The van der Waals surface area contributed by atoms with Crippen molar-refractivity contribution in [1.82, 2.24) is 0 Å². The third-order valence-electron chi connectivity index (χ3n) is 5.94. The molecular weight excluding hydrogens is 382 g/mol. The molecule has 0 unspecified atom stereocenters. The molecule has 0 amide bonds. The number of carbonyl (C=O) groups is 1. The smallest absolute Gasteiger partial charge is 0.229 e. The molecule has 1 aliphatic heterocycles. The highest BCUT2D eigenvalue weighted by atomic mass is 16.7. The van der Waals surface area contributed by atoms with Crippen LogP contribution in [0.2, 0.25) is 0 Å². The number of ether oxygens (including phenoxy) is 2. The number of aliphatic hydroxyl groups is 4. The lowest BCUT2D eigenvalue weighted by Gasteiger charge is -2.41. The van der Waals surface area contributed by atoms with Gasteiger partial charge in [-0.2, -0.15) is 0 Å². The van der Waals surface area contributed by atoms with Crippen LogP contribution in [0.4, 0.5) is 0 Å². The summed E-state index contributed by atoms with van der Waals surface area (Å²) in [6.07, 6.45) is -5.14. The lowest BCUT2D eigenvalue weighted by Crippen LogP contribution is -2.82. The zero-order chi connectivity index (χ0) is 21.2. The zero-order valence-electron chi connectivity index (χ0n) is 16.3. The average molecular weight is 411 g/mol. The molecule has 7 atom stereocenters. The van der Waals surface area contributed by atoms with Crippen molar-refractivity contribution in [2.45, 2.75) is 62.0 Å². The molecule has 6 N–H and O–H groups in total. The van der Waals surface area contributed by atoms with E-state index in [-0.39, 0.29) is 11.7 Å². The van der Waals surface area contributed by atoms with Gasteiger partial charge in [-0.15, -0.1) is 0 Å². The lowest BCUT2D eigenvalue weighted by molar-refractivity contribution is -0.636. The Kier molecular flexibility index (Phi) is 6.77. The van der Waals surface area contributed by atoms with Crippen LogP contribution < -0.4 is 15.2 Å². The van der Waals surface area contributed by atoms with Gasteiger partial charge < -0.3 is 45.1 Å². The second-order valence-electron chi connectivity index (χ2n) is 7.87. The predicted octanol–water partition coefficient (Wildman–Crippen LogP) is -2.81. The van der Waals surface area contributed by atoms with Gasteiger partial charge in [-0.25, -0.2) is 0 Å². The Morgan fingerprint density at radius 1 is 1.28 bits per heavy atom. The fourth-order valence-corrected chi connectivity index (χ4v) is 4.32. The van der Waals surface area contributed by atoms with Crippen LogP contribution in [0, 0.1) is 5.92 Å². The minimum atomic E-state index is -1.84. The van der Waals surface area contributed by atoms with Gasteiger partial charge in [-0.3, -0.25) is 0 Å². The van der Waals surface area contributed by atoms with Crippen LogP contribution in [-0.4, -0.2) is 70.7 Å². The molecule has 1 heterocycles. The Morgan fingerprint density at radius 3 is 2.72 bits per heavy atom. The molecule has 0 bridgehead atoms. The third-order valence-corrected chi connectivity index (χ3v) is 5.94. The second-order valence-corrected chi connectivity index (χ2v) is 7.87. The fraction of sp³-hybridized carbons (Fsp3) is 0.650. The summed E-state index contributed by atoms with van der Waals surface area (Å²) in [5.74, 6) is -1.40. The number of carbonyl (C=O) groups excluding carboxylic acids is 1. The molecule has 2 aliphatic rings. The number of benzene rings is 1. The number of hydrogen-bond acceptors (Lipinski definition) is 8. The van der Waals surface area contributed by atoms with E-state index in [0.29, 0.717) is 12.0 Å². The third kappa shape index (κ3) is 4.40. The van der Waals surface area contributed by atoms with E-state index in [1.54, 1.807) is 18.2 Å². The molecule has 9 nitrogen and oxygen atoms in total. The molecule has 162 valence electrons. The minimum Gasteiger partial charge on any atom is -0.547 e. The lowest BCUT2D eigenvalue weighted by atomic mass is 9.71. The Hall–Kier alpha value is -1.75. The number of carboxylic acids is 1. The molecule has 29 heavy (non-hydrogen) atoms. The summed E-state index contributed by atoms with van der Waals surface area (Å²) in [5.41, 5.74) is -0.344. The van der Waals surface area contributed by atoms with Crippen LogP contribution in [0.1, 0.15) is 31.2 Å². The van der Waals surface area contributed by atoms with E-state index in [4.69, 9.17) is 9.47 Å². The Bertz CT molecular complexity index is 713. The van der Waals surface area contributed by atoms with Crippen LogP contribution in [-0.2, 0) is 15.1 Å². The van der Waals surface area contributed by atoms with Gasteiger partial charge in [0, 0.05) is 5.92 Å². The van der Waals surface area contributed by atoms with Crippen molar-refractivity contribution in [3.05, 3.63) is 29.8 Å². The van der Waals surface area contributed by atoms with E-state index in [0.717, 1.165) is 25.8 Å². The van der Waals surface area contributed by atoms with Gasteiger partial charge in [0.1, 0.15) is 30.2 Å². The first-order valence-corrected chi connectivity index (χ1v) is 9.96. The Morgan fingerprint density at radius 2 is 2.03 bits per heavy atom. The van der Waals surface area contributed by atoms with Gasteiger partial charge in [0.25, 0.3) is 0 Å². The van der Waals surface area contributed by atoms with Gasteiger partial charge in [0.2, 0.25) is 6.29 Å². The number of rotatable bonds is 6. The monoisotopic (exact) mass is 411 g/mol. The van der Waals surface area contributed by atoms with E-state index >= 15 is 0 Å². The molecule has 2 fully saturated rings. The van der Waals surface area contributed by atoms with Gasteiger partial charge >= 0.3 is 0 Å². The van der Waals surface area contributed by atoms with Crippen LogP contribution in [0.3, 0.4) is 0 Å². The van der Waals surface area contributed by atoms with Crippen LogP contribution in [0.25, 0.3) is 0 Å². The normalized spacial score (nSPS) is 37.8. The van der Waals surface area contributed by atoms with Crippen LogP contribution in [0.15, 0.2) is 24.3 Å². The first-order chi connectivity index (χ1) is 13.8. The molecule has 0 radical (unpaired) electrons. The Labute approximate surface area is 168 Å². The van der Waals surface area contributed by atoms with Crippen molar-refractivity contribution in [2.24, 2.45) is 5.92 Å². The molecule has 1 aromatic carbocycles. The first-order valence-electron chi connectivity index (χ1n) is 9.96. The van der Waals surface area contributed by atoms with Crippen molar-refractivity contribution in [1.29, 1.82) is 0 Å². The van der Waals surface area contributed by atoms with Crippen LogP contribution in [0.5, 0.6) is 5.75 Å². The van der Waals surface area contributed by atoms with E-state index in [1.165, 1.54) is 0 Å². The molecule has 0 spiro atoms. The van der Waals surface area contributed by atoms with E-state index in [9.17, 15) is 30.3 Å². The molecule has 3 rings (SSSR count). The number of aliphatic carboxylic acids is 1. The van der Waals surface area contributed by atoms with E-state index in [1.807, 2.05) is 18.4 Å². The molecule has 9 heteroatoms. The molecule has 1 saturated carbocycles. The highest BCUT2D eigenvalue weighted by Gasteiger charge is 2.46. The number of quaternary nitrogens is 1. The van der Waals surface area contributed by atoms with Gasteiger partial charge in [-0.1, -0.05) is 25.0 Å². The van der Waals surface area contributed by atoms with Gasteiger partial charge in [0.15, 0.2) is 0 Å². The summed E-state index contributed by atoms with van der Waals surface area (Å²) in [7, 11) is 1.96.